The minimum atomic E-state index is -0.594. The van der Waals surface area contributed by atoms with Crippen molar-refractivity contribution in [3.63, 3.8) is 0 Å². The van der Waals surface area contributed by atoms with E-state index in [0.29, 0.717) is 17.9 Å². The summed E-state index contributed by atoms with van der Waals surface area (Å²) in [6, 6.07) is 6.52. The Labute approximate surface area is 174 Å². The first-order valence-corrected chi connectivity index (χ1v) is 9.92. The molecule has 2 aliphatic heterocycles. The van der Waals surface area contributed by atoms with E-state index in [9.17, 15) is 9.59 Å². The van der Waals surface area contributed by atoms with Crippen LogP contribution in [0.5, 0.6) is 0 Å². The number of amides is 1. The molecule has 10 heteroatoms. The number of aromatic nitrogens is 3. The number of hydrogen-bond acceptors (Lipinski definition) is 7. The second kappa shape index (κ2) is 8.50. The second-order valence-electron chi connectivity index (χ2n) is 7.94. The first-order valence-electron chi connectivity index (χ1n) is 9.92. The molecule has 0 radical (unpaired) electrons. The molecule has 3 heterocycles. The van der Waals surface area contributed by atoms with Crippen molar-refractivity contribution in [1.29, 1.82) is 0 Å². The van der Waals surface area contributed by atoms with Gasteiger partial charge < -0.3 is 19.1 Å². The summed E-state index contributed by atoms with van der Waals surface area (Å²) >= 11 is 0. The smallest absolute Gasteiger partial charge is 0.412 e. The van der Waals surface area contributed by atoms with Crippen LogP contribution in [0, 0.1) is 0 Å². The molecule has 2 aliphatic rings. The number of Topliss-reactive ketones (excluding diaryl/α,β-unsaturated/α-hetero) is 1. The monoisotopic (exact) mass is 416 g/mol. The summed E-state index contributed by atoms with van der Waals surface area (Å²) in [5, 5.41) is 11.1. The van der Waals surface area contributed by atoms with Crippen molar-refractivity contribution in [1.82, 2.24) is 15.0 Å². The van der Waals surface area contributed by atoms with Gasteiger partial charge in [-0.05, 0) is 31.2 Å². The highest BCUT2D eigenvalue weighted by Crippen LogP contribution is 2.35. The lowest BCUT2D eigenvalue weighted by atomic mass is 10.1. The molecule has 0 bridgehead atoms. The average molecular weight is 416 g/mol. The number of ketones is 1. The number of quaternary nitrogens is 1. The van der Waals surface area contributed by atoms with Crippen LogP contribution in [0.4, 0.5) is 10.5 Å². The number of anilines is 1. The van der Waals surface area contributed by atoms with Gasteiger partial charge >= 0.3 is 6.09 Å². The minimum Gasteiger partial charge on any atom is -0.441 e. The van der Waals surface area contributed by atoms with Crippen LogP contribution < -0.4 is 10.2 Å². The Kier molecular flexibility index (Phi) is 5.80. The topological polar surface area (TPSA) is 109 Å². The first-order chi connectivity index (χ1) is 14.4. The molecule has 10 nitrogen and oxygen atoms in total. The summed E-state index contributed by atoms with van der Waals surface area (Å²) in [5.41, 5.74) is 2.03. The van der Waals surface area contributed by atoms with Crippen LogP contribution >= 0.6 is 0 Å². The Balaban J connectivity index is 1.33. The van der Waals surface area contributed by atoms with Crippen molar-refractivity contribution in [2.45, 2.75) is 37.8 Å². The van der Waals surface area contributed by atoms with E-state index in [-0.39, 0.29) is 30.6 Å². The van der Waals surface area contributed by atoms with Crippen LogP contribution in [0.3, 0.4) is 0 Å². The van der Waals surface area contributed by atoms with E-state index in [4.69, 9.17) is 14.2 Å². The van der Waals surface area contributed by atoms with Crippen LogP contribution in [0.1, 0.15) is 29.0 Å². The number of rotatable bonds is 6. The van der Waals surface area contributed by atoms with Gasteiger partial charge in [0.05, 0.1) is 33.5 Å². The van der Waals surface area contributed by atoms with E-state index in [2.05, 4.69) is 29.7 Å². The molecule has 1 amide bonds. The number of benzene rings is 1. The van der Waals surface area contributed by atoms with E-state index in [1.54, 1.807) is 28.9 Å². The van der Waals surface area contributed by atoms with Gasteiger partial charge in [-0.15, -0.1) is 5.10 Å². The fourth-order valence-corrected chi connectivity index (χ4v) is 3.76. The Bertz CT molecular complexity index is 913. The molecule has 30 heavy (non-hydrogen) atoms. The normalized spacial score (nSPS) is 25.3. The number of hydrogen-bond donors (Lipinski definition) is 2. The lowest BCUT2D eigenvalue weighted by molar-refractivity contribution is -0.873. The van der Waals surface area contributed by atoms with Crippen LogP contribution in [-0.2, 0) is 20.8 Å². The number of carbonyl (C=O) groups excluding carboxylic acids is 2. The highest BCUT2D eigenvalue weighted by molar-refractivity contribution is 5.94. The van der Waals surface area contributed by atoms with Gasteiger partial charge in [0.2, 0.25) is 0 Å². The molecule has 4 atom stereocenters. The molecule has 0 saturated carbocycles. The molecule has 0 unspecified atom stereocenters. The predicted molar refractivity (Wildman–Crippen MR) is 105 cm³/mol. The molecule has 1 aromatic heterocycles. The van der Waals surface area contributed by atoms with Crippen LogP contribution in [-0.4, -0.2) is 72.5 Å². The maximum absolute atomic E-state index is 12.3. The van der Waals surface area contributed by atoms with Crippen molar-refractivity contribution < 1.29 is 28.7 Å². The Morgan fingerprint density at radius 1 is 1.20 bits per heavy atom. The van der Waals surface area contributed by atoms with Gasteiger partial charge in [-0.25, -0.2) is 9.48 Å². The van der Waals surface area contributed by atoms with Crippen LogP contribution in [0.15, 0.2) is 30.5 Å². The largest absolute Gasteiger partial charge is 0.441 e. The van der Waals surface area contributed by atoms with Gasteiger partial charge in [0.1, 0.15) is 30.5 Å². The molecular formula is C20H26N5O5+. The fraction of sp³-hybridized carbons (Fsp3) is 0.500. The lowest BCUT2D eigenvalue weighted by Crippen LogP contribution is -3.04. The third-order valence-corrected chi connectivity index (χ3v) is 5.21. The standard InChI is InChI=1S/C20H25N5O5/c1-12(26)13-4-6-14(7-5-13)21-20(27)30-17-11-29-18-16(10-28-19(17)18)25-9-15(22-23-25)8-24(2)3/h4-7,9,16-19H,8,10-11H2,1-3H3,(H,21,27)/p+1/t16-,17+,18+,19+/m0/s1. The summed E-state index contributed by atoms with van der Waals surface area (Å²) < 4.78 is 19.1. The summed E-state index contributed by atoms with van der Waals surface area (Å²) in [7, 11) is 4.11. The Morgan fingerprint density at radius 2 is 1.93 bits per heavy atom. The Hall–Kier alpha value is -2.82. The van der Waals surface area contributed by atoms with Gasteiger partial charge in [-0.3, -0.25) is 10.1 Å². The first kappa shape index (κ1) is 20.5. The molecule has 4 rings (SSSR count). The van der Waals surface area contributed by atoms with E-state index in [1.165, 1.54) is 11.8 Å². The maximum atomic E-state index is 12.3. The zero-order valence-corrected chi connectivity index (χ0v) is 17.2. The average Bonchev–Trinajstić information content (AvgIpc) is 3.39. The van der Waals surface area contributed by atoms with Crippen LogP contribution in [0.25, 0.3) is 0 Å². The number of fused-ring (bicyclic) bond motifs is 1. The minimum absolute atomic E-state index is 0.0336. The molecule has 2 N–H and O–H groups in total. The number of ether oxygens (including phenoxy) is 3. The third kappa shape index (κ3) is 4.35. The molecule has 0 aliphatic carbocycles. The van der Waals surface area contributed by atoms with Crippen molar-refractivity contribution >= 4 is 17.6 Å². The van der Waals surface area contributed by atoms with Gasteiger partial charge in [-0.2, -0.15) is 0 Å². The fourth-order valence-electron chi connectivity index (χ4n) is 3.76. The molecule has 2 aromatic rings. The number of nitrogens with one attached hydrogen (secondary N) is 2. The molecule has 1 aromatic carbocycles. The zero-order valence-electron chi connectivity index (χ0n) is 17.2. The van der Waals surface area contributed by atoms with Crippen molar-refractivity contribution in [3.8, 4) is 0 Å². The van der Waals surface area contributed by atoms with Gasteiger partial charge in [0.25, 0.3) is 0 Å². The molecule has 160 valence electrons. The SMILES string of the molecule is CC(=O)c1ccc(NC(=O)O[C@@H]2CO[C@H]3[C@@H]2OC[C@@H]3n2cc(C[NH+](C)C)nn2)cc1. The molecule has 2 saturated heterocycles. The molecular weight excluding hydrogens is 390 g/mol. The van der Waals surface area contributed by atoms with Gasteiger partial charge in [0, 0.05) is 11.3 Å². The lowest BCUT2D eigenvalue weighted by Gasteiger charge is -2.17. The zero-order chi connectivity index (χ0) is 21.3. The summed E-state index contributed by atoms with van der Waals surface area (Å²) in [6.45, 7) is 2.94. The van der Waals surface area contributed by atoms with Crippen molar-refractivity contribution in [2.24, 2.45) is 0 Å². The molecule has 0 spiro atoms. The van der Waals surface area contributed by atoms with E-state index < -0.39 is 12.2 Å². The van der Waals surface area contributed by atoms with E-state index in [1.807, 2.05) is 6.20 Å². The van der Waals surface area contributed by atoms with E-state index >= 15 is 0 Å². The highest BCUT2D eigenvalue weighted by atomic mass is 16.6. The Morgan fingerprint density at radius 3 is 2.63 bits per heavy atom. The van der Waals surface area contributed by atoms with Crippen molar-refractivity contribution in [3.05, 3.63) is 41.7 Å². The highest BCUT2D eigenvalue weighted by Gasteiger charge is 2.50. The molecule has 2 fully saturated rings. The third-order valence-electron chi connectivity index (χ3n) is 5.21. The number of carbonyl (C=O) groups is 2. The predicted octanol–water partition coefficient (Wildman–Crippen LogP) is 0.0812. The number of nitrogens with zero attached hydrogens (tertiary/aromatic N) is 3. The maximum Gasteiger partial charge on any atom is 0.412 e. The van der Waals surface area contributed by atoms with E-state index in [0.717, 1.165) is 12.2 Å². The van der Waals surface area contributed by atoms with Crippen LogP contribution in [0.2, 0.25) is 0 Å². The summed E-state index contributed by atoms with van der Waals surface area (Å²) in [5.74, 6) is -0.0336. The second-order valence-corrected chi connectivity index (χ2v) is 7.94. The van der Waals surface area contributed by atoms with Gasteiger partial charge in [0.15, 0.2) is 11.9 Å². The summed E-state index contributed by atoms with van der Waals surface area (Å²) in [6.07, 6.45) is 0.208. The van der Waals surface area contributed by atoms with Gasteiger partial charge in [-0.1, -0.05) is 5.21 Å². The van der Waals surface area contributed by atoms with Crippen molar-refractivity contribution in [2.75, 3.05) is 32.6 Å². The quantitative estimate of drug-likeness (QED) is 0.642. The summed E-state index contributed by atoms with van der Waals surface area (Å²) in [4.78, 5) is 24.9.